The molecule has 1 aromatic heterocycles. The highest BCUT2D eigenvalue weighted by Crippen LogP contribution is 2.22. The number of carbonyl (C=O) groups excluding carboxylic acids is 1. The minimum Gasteiger partial charge on any atom is -0.465 e. The van der Waals surface area contributed by atoms with Crippen molar-refractivity contribution in [2.24, 2.45) is 0 Å². The van der Waals surface area contributed by atoms with E-state index in [0.717, 1.165) is 23.1 Å². The van der Waals surface area contributed by atoms with Crippen LogP contribution < -0.4 is 10.6 Å². The first-order valence-electron chi connectivity index (χ1n) is 7.68. The average molecular weight is 323 g/mol. The van der Waals surface area contributed by atoms with Crippen molar-refractivity contribution in [3.8, 4) is 0 Å². The maximum atomic E-state index is 12.0. The Bertz CT molecular complexity index is 553. The van der Waals surface area contributed by atoms with Gasteiger partial charge in [-0.1, -0.05) is 0 Å². The minimum atomic E-state index is 0.00823. The summed E-state index contributed by atoms with van der Waals surface area (Å²) in [7, 11) is 0. The summed E-state index contributed by atoms with van der Waals surface area (Å²) in [6.07, 6.45) is 1.42. The molecule has 122 valence electrons. The van der Waals surface area contributed by atoms with Gasteiger partial charge in [-0.15, -0.1) is 0 Å². The maximum absolute atomic E-state index is 12.0. The van der Waals surface area contributed by atoms with Crippen LogP contribution in [0.1, 0.15) is 45.1 Å². The second-order valence-corrected chi connectivity index (χ2v) is 6.99. The number of nitrogens with zero attached hydrogens (tertiary/aromatic N) is 1. The van der Waals surface area contributed by atoms with Crippen molar-refractivity contribution in [1.29, 1.82) is 0 Å². The van der Waals surface area contributed by atoms with Gasteiger partial charge in [0, 0.05) is 24.5 Å². The van der Waals surface area contributed by atoms with Crippen LogP contribution in [-0.4, -0.2) is 34.0 Å². The molecule has 5 nitrogen and oxygen atoms in total. The third kappa shape index (κ3) is 4.47. The summed E-state index contributed by atoms with van der Waals surface area (Å²) in [5.74, 6) is 1.63. The molecular weight excluding hydrogens is 298 g/mol. The summed E-state index contributed by atoms with van der Waals surface area (Å²) in [6.45, 7) is 9.39. The molecule has 0 saturated carbocycles. The number of hydrogen-bond donors (Lipinski definition) is 2. The van der Waals surface area contributed by atoms with Gasteiger partial charge in [0.05, 0.1) is 6.54 Å². The summed E-state index contributed by atoms with van der Waals surface area (Å²) in [6, 6.07) is 4.11. The first-order chi connectivity index (χ1) is 10.3. The van der Waals surface area contributed by atoms with E-state index in [0.29, 0.717) is 25.6 Å². The zero-order valence-electron chi connectivity index (χ0n) is 13.7. The van der Waals surface area contributed by atoms with Crippen molar-refractivity contribution in [2.75, 3.05) is 6.54 Å². The zero-order chi connectivity index (χ0) is 16.3. The first-order valence-corrected chi connectivity index (χ1v) is 8.08. The quantitative estimate of drug-likeness (QED) is 0.815. The molecule has 0 aliphatic carbocycles. The summed E-state index contributed by atoms with van der Waals surface area (Å²) in [5, 5.41) is 6.94. The van der Waals surface area contributed by atoms with Gasteiger partial charge in [-0.05, 0) is 58.5 Å². The van der Waals surface area contributed by atoms with Crippen LogP contribution in [0.25, 0.3) is 0 Å². The number of amides is 1. The van der Waals surface area contributed by atoms with Crippen molar-refractivity contribution in [1.82, 2.24) is 15.5 Å². The molecule has 2 rings (SSSR count). The van der Waals surface area contributed by atoms with E-state index in [1.807, 2.05) is 19.1 Å². The van der Waals surface area contributed by atoms with Gasteiger partial charge in [-0.3, -0.25) is 4.79 Å². The third-order valence-corrected chi connectivity index (χ3v) is 4.22. The predicted octanol–water partition coefficient (Wildman–Crippen LogP) is 2.34. The molecule has 2 N–H and O–H groups in total. The van der Waals surface area contributed by atoms with E-state index in [9.17, 15) is 4.79 Å². The number of hydrogen-bond acceptors (Lipinski definition) is 3. The molecule has 1 aromatic rings. The lowest BCUT2D eigenvalue weighted by Crippen LogP contribution is -2.60. The molecule has 2 heterocycles. The molecule has 6 heteroatoms. The Morgan fingerprint density at radius 2 is 2.27 bits per heavy atom. The maximum Gasteiger partial charge on any atom is 0.222 e. The predicted molar refractivity (Wildman–Crippen MR) is 90.5 cm³/mol. The molecule has 1 aliphatic heterocycles. The zero-order valence-corrected chi connectivity index (χ0v) is 14.5. The molecule has 0 aromatic carbocycles. The van der Waals surface area contributed by atoms with Gasteiger partial charge >= 0.3 is 0 Å². The van der Waals surface area contributed by atoms with Crippen molar-refractivity contribution in [3.63, 3.8) is 0 Å². The molecule has 22 heavy (non-hydrogen) atoms. The van der Waals surface area contributed by atoms with Crippen LogP contribution in [0.3, 0.4) is 0 Å². The lowest BCUT2D eigenvalue weighted by molar-refractivity contribution is -0.121. The van der Waals surface area contributed by atoms with Crippen molar-refractivity contribution in [3.05, 3.63) is 23.7 Å². The van der Waals surface area contributed by atoms with Crippen LogP contribution in [0, 0.1) is 6.92 Å². The van der Waals surface area contributed by atoms with Gasteiger partial charge in [-0.25, -0.2) is 0 Å². The summed E-state index contributed by atoms with van der Waals surface area (Å²) in [5.41, 5.74) is 0.0202. The van der Waals surface area contributed by atoms with Gasteiger partial charge in [-0.2, -0.15) is 0 Å². The van der Waals surface area contributed by atoms with Gasteiger partial charge in [0.1, 0.15) is 11.5 Å². The van der Waals surface area contributed by atoms with Crippen molar-refractivity contribution < 1.29 is 9.21 Å². The van der Waals surface area contributed by atoms with Crippen molar-refractivity contribution >= 4 is 23.2 Å². The molecule has 1 amide bonds. The highest BCUT2D eigenvalue weighted by Gasteiger charge is 2.32. The van der Waals surface area contributed by atoms with Gasteiger partial charge in [0.25, 0.3) is 0 Å². The molecule has 0 spiro atoms. The largest absolute Gasteiger partial charge is 0.465 e. The third-order valence-electron chi connectivity index (χ3n) is 3.88. The fourth-order valence-corrected chi connectivity index (χ4v) is 3.41. The number of thiocarbonyl (C=S) groups is 1. The lowest BCUT2D eigenvalue weighted by atomic mass is 9.93. The fraction of sp³-hybridized carbons (Fsp3) is 0.625. The van der Waals surface area contributed by atoms with Gasteiger partial charge < -0.3 is 20.0 Å². The number of aryl methyl sites for hydroxylation is 1. The highest BCUT2D eigenvalue weighted by molar-refractivity contribution is 7.80. The van der Waals surface area contributed by atoms with Crippen molar-refractivity contribution in [2.45, 2.75) is 58.7 Å². The van der Waals surface area contributed by atoms with E-state index in [1.165, 1.54) is 0 Å². The number of carbonyl (C=O) groups is 1. The number of rotatable bonds is 5. The smallest absolute Gasteiger partial charge is 0.222 e. The first kappa shape index (κ1) is 16.8. The average Bonchev–Trinajstić information content (AvgIpc) is 2.80. The lowest BCUT2D eigenvalue weighted by Gasteiger charge is -2.44. The van der Waals surface area contributed by atoms with Gasteiger partial charge in [0.2, 0.25) is 5.91 Å². The van der Waals surface area contributed by atoms with Crippen LogP contribution in [0.4, 0.5) is 0 Å². The number of furan rings is 1. The second kappa shape index (κ2) is 6.69. The van der Waals surface area contributed by atoms with Crippen LogP contribution in [0.15, 0.2) is 16.5 Å². The van der Waals surface area contributed by atoms with E-state index in [1.54, 1.807) is 0 Å². The Morgan fingerprint density at radius 3 is 2.86 bits per heavy atom. The van der Waals surface area contributed by atoms with E-state index >= 15 is 0 Å². The van der Waals surface area contributed by atoms with E-state index < -0.39 is 0 Å². The summed E-state index contributed by atoms with van der Waals surface area (Å²) in [4.78, 5) is 14.1. The second-order valence-electron chi connectivity index (χ2n) is 6.60. The summed E-state index contributed by atoms with van der Waals surface area (Å²) < 4.78 is 5.43. The molecule has 0 radical (unpaired) electrons. The Morgan fingerprint density at radius 1 is 1.55 bits per heavy atom. The normalized spacial score (nSPS) is 20.6. The SMILES string of the molecule is Cc1ccc(CNC(=O)CCN2C(=S)NC(C)(C)C[C@@H]2C)o1. The summed E-state index contributed by atoms with van der Waals surface area (Å²) >= 11 is 5.42. The van der Waals surface area contributed by atoms with Crippen LogP contribution in [0.5, 0.6) is 0 Å². The van der Waals surface area contributed by atoms with E-state index in [4.69, 9.17) is 16.6 Å². The Kier molecular flexibility index (Phi) is 5.11. The molecule has 0 bridgehead atoms. The molecule has 1 saturated heterocycles. The number of nitrogens with one attached hydrogen (secondary N) is 2. The Hall–Kier alpha value is -1.56. The van der Waals surface area contributed by atoms with Gasteiger partial charge in [0.15, 0.2) is 5.11 Å². The van der Waals surface area contributed by atoms with Crippen LogP contribution in [-0.2, 0) is 11.3 Å². The molecule has 1 aliphatic rings. The van der Waals surface area contributed by atoms with E-state index in [2.05, 4.69) is 36.3 Å². The fourth-order valence-electron chi connectivity index (χ4n) is 2.86. The highest BCUT2D eigenvalue weighted by atomic mass is 32.1. The van der Waals surface area contributed by atoms with E-state index in [-0.39, 0.29) is 11.4 Å². The Balaban J connectivity index is 1.77. The molecular formula is C16H25N3O2S. The van der Waals surface area contributed by atoms with Crippen LogP contribution >= 0.6 is 12.2 Å². The molecule has 1 atom stereocenters. The standard InChI is InChI=1S/C16H25N3O2S/c1-11-9-16(3,4)18-15(22)19(11)8-7-14(20)17-10-13-6-5-12(2)21-13/h5-6,11H,7-10H2,1-4H3,(H,17,20)(H,18,22)/t11-/m0/s1. The molecule has 0 unspecified atom stereocenters. The monoisotopic (exact) mass is 323 g/mol. The molecule has 1 fully saturated rings. The topological polar surface area (TPSA) is 57.5 Å². The van der Waals surface area contributed by atoms with Crippen LogP contribution in [0.2, 0.25) is 0 Å². The minimum absolute atomic E-state index is 0.00823. The Labute approximate surface area is 137 Å².